The molecule has 0 radical (unpaired) electrons. The van der Waals surface area contributed by atoms with Crippen molar-refractivity contribution < 1.29 is 4.79 Å². The molecule has 0 aromatic heterocycles. The second-order valence-corrected chi connectivity index (χ2v) is 5.20. The van der Waals surface area contributed by atoms with Gasteiger partial charge in [-0.15, -0.1) is 0 Å². The van der Waals surface area contributed by atoms with Crippen molar-refractivity contribution >= 4 is 46.4 Å². The van der Waals surface area contributed by atoms with Crippen LogP contribution in [0.15, 0.2) is 42.5 Å². The van der Waals surface area contributed by atoms with E-state index < -0.39 is 0 Å². The van der Waals surface area contributed by atoms with E-state index in [1.807, 2.05) is 6.07 Å². The SMILES string of the molecule is CN(C(=O)c1ccccc1)c1c(Cl)cc(Cl)cc1Cl. The van der Waals surface area contributed by atoms with Crippen LogP contribution in [0.25, 0.3) is 0 Å². The fraction of sp³-hybridized carbons (Fsp3) is 0.0714. The molecule has 0 unspecified atom stereocenters. The third-order valence-corrected chi connectivity index (χ3v) is 3.44. The molecule has 0 heterocycles. The van der Waals surface area contributed by atoms with E-state index in [2.05, 4.69) is 0 Å². The van der Waals surface area contributed by atoms with Crippen LogP contribution in [-0.2, 0) is 0 Å². The minimum absolute atomic E-state index is 0.188. The Morgan fingerprint density at radius 1 is 1.00 bits per heavy atom. The normalized spacial score (nSPS) is 10.3. The fourth-order valence-corrected chi connectivity index (χ4v) is 2.80. The van der Waals surface area contributed by atoms with Crippen molar-refractivity contribution in [1.82, 2.24) is 0 Å². The number of hydrogen-bond acceptors (Lipinski definition) is 1. The Kier molecular flexibility index (Phi) is 4.35. The molecule has 0 saturated carbocycles. The molecule has 0 N–H and O–H groups in total. The third kappa shape index (κ3) is 3.03. The molecule has 0 atom stereocenters. The van der Waals surface area contributed by atoms with Crippen molar-refractivity contribution in [2.45, 2.75) is 0 Å². The topological polar surface area (TPSA) is 20.3 Å². The molecule has 0 aliphatic carbocycles. The van der Waals surface area contributed by atoms with Gasteiger partial charge in [0.2, 0.25) is 0 Å². The van der Waals surface area contributed by atoms with Crippen molar-refractivity contribution in [1.29, 1.82) is 0 Å². The second kappa shape index (κ2) is 5.83. The zero-order valence-corrected chi connectivity index (χ0v) is 12.3. The average Bonchev–Trinajstić information content (AvgIpc) is 2.37. The van der Waals surface area contributed by atoms with Crippen LogP contribution in [0.4, 0.5) is 5.69 Å². The molecule has 2 rings (SSSR count). The number of amides is 1. The number of anilines is 1. The molecule has 98 valence electrons. The van der Waals surface area contributed by atoms with E-state index in [9.17, 15) is 4.79 Å². The smallest absolute Gasteiger partial charge is 0.258 e. The summed E-state index contributed by atoms with van der Waals surface area (Å²) in [6, 6.07) is 12.0. The summed E-state index contributed by atoms with van der Waals surface area (Å²) in [6.45, 7) is 0. The molecule has 0 fully saturated rings. The molecule has 0 aliphatic rings. The van der Waals surface area contributed by atoms with Crippen molar-refractivity contribution in [3.63, 3.8) is 0 Å². The van der Waals surface area contributed by atoms with Gasteiger partial charge in [-0.05, 0) is 24.3 Å². The van der Waals surface area contributed by atoms with Crippen LogP contribution in [0.5, 0.6) is 0 Å². The van der Waals surface area contributed by atoms with Crippen molar-refractivity contribution in [3.05, 3.63) is 63.1 Å². The zero-order valence-electron chi connectivity index (χ0n) is 10.0. The monoisotopic (exact) mass is 313 g/mol. The van der Waals surface area contributed by atoms with Gasteiger partial charge < -0.3 is 4.90 Å². The molecule has 2 nitrogen and oxygen atoms in total. The van der Waals surface area contributed by atoms with Gasteiger partial charge in [0, 0.05) is 17.6 Å². The van der Waals surface area contributed by atoms with Crippen LogP contribution < -0.4 is 4.90 Å². The summed E-state index contributed by atoms with van der Waals surface area (Å²) in [5, 5.41) is 1.10. The van der Waals surface area contributed by atoms with Gasteiger partial charge in [0.1, 0.15) is 0 Å². The predicted molar refractivity (Wildman–Crippen MR) is 80.6 cm³/mol. The molecule has 2 aromatic carbocycles. The highest BCUT2D eigenvalue weighted by Gasteiger charge is 2.19. The highest BCUT2D eigenvalue weighted by atomic mass is 35.5. The van der Waals surface area contributed by atoms with E-state index in [-0.39, 0.29) is 5.91 Å². The van der Waals surface area contributed by atoms with Crippen molar-refractivity contribution in [2.24, 2.45) is 0 Å². The molecule has 0 bridgehead atoms. The molecular formula is C14H10Cl3NO. The fourth-order valence-electron chi connectivity index (χ4n) is 1.73. The average molecular weight is 315 g/mol. The molecule has 2 aromatic rings. The summed E-state index contributed by atoms with van der Waals surface area (Å²) in [5.41, 5.74) is 1.01. The number of nitrogens with zero attached hydrogens (tertiary/aromatic N) is 1. The lowest BCUT2D eigenvalue weighted by molar-refractivity contribution is 0.0993. The highest BCUT2D eigenvalue weighted by molar-refractivity contribution is 6.42. The summed E-state index contributed by atoms with van der Waals surface area (Å²) in [7, 11) is 1.62. The standard InChI is InChI=1S/C14H10Cl3NO/c1-18(14(19)9-5-3-2-4-6-9)13-11(16)7-10(15)8-12(13)17/h2-8H,1H3. The third-order valence-electron chi connectivity index (χ3n) is 2.64. The summed E-state index contributed by atoms with van der Waals surface area (Å²) in [6.07, 6.45) is 0. The minimum Gasteiger partial charge on any atom is -0.309 e. The van der Waals surface area contributed by atoms with Crippen LogP contribution in [0.1, 0.15) is 10.4 Å². The first kappa shape index (κ1) is 14.2. The Bertz CT molecular complexity index is 590. The molecule has 0 saturated heterocycles. The Morgan fingerprint density at radius 2 is 1.53 bits per heavy atom. The van der Waals surface area contributed by atoms with E-state index in [0.717, 1.165) is 0 Å². The van der Waals surface area contributed by atoms with Crippen LogP contribution >= 0.6 is 34.8 Å². The van der Waals surface area contributed by atoms with E-state index in [0.29, 0.717) is 26.3 Å². The lowest BCUT2D eigenvalue weighted by Gasteiger charge is -2.20. The number of carbonyl (C=O) groups is 1. The Morgan fingerprint density at radius 3 is 2.05 bits per heavy atom. The van der Waals surface area contributed by atoms with Gasteiger partial charge in [-0.2, -0.15) is 0 Å². The molecule has 5 heteroatoms. The first-order chi connectivity index (χ1) is 9.00. The largest absolute Gasteiger partial charge is 0.309 e. The van der Waals surface area contributed by atoms with Gasteiger partial charge in [-0.1, -0.05) is 53.0 Å². The van der Waals surface area contributed by atoms with Crippen LogP contribution in [0.3, 0.4) is 0 Å². The number of halogens is 3. The van der Waals surface area contributed by atoms with Gasteiger partial charge in [0.25, 0.3) is 5.91 Å². The van der Waals surface area contributed by atoms with E-state index in [4.69, 9.17) is 34.8 Å². The Balaban J connectivity index is 2.40. The molecule has 0 aliphatic heterocycles. The number of benzene rings is 2. The van der Waals surface area contributed by atoms with Crippen LogP contribution in [0.2, 0.25) is 15.1 Å². The van der Waals surface area contributed by atoms with Gasteiger partial charge in [0.05, 0.1) is 15.7 Å². The molecule has 0 spiro atoms. The maximum atomic E-state index is 12.3. The first-order valence-electron chi connectivity index (χ1n) is 5.48. The van der Waals surface area contributed by atoms with Crippen molar-refractivity contribution in [3.8, 4) is 0 Å². The lowest BCUT2D eigenvalue weighted by atomic mass is 10.2. The number of hydrogen-bond donors (Lipinski definition) is 0. The summed E-state index contributed by atoms with van der Waals surface area (Å²) in [5.74, 6) is -0.188. The minimum atomic E-state index is -0.188. The lowest BCUT2D eigenvalue weighted by Crippen LogP contribution is -2.26. The highest BCUT2D eigenvalue weighted by Crippen LogP contribution is 2.36. The summed E-state index contributed by atoms with van der Waals surface area (Å²) in [4.78, 5) is 13.7. The summed E-state index contributed by atoms with van der Waals surface area (Å²) >= 11 is 18.0. The maximum absolute atomic E-state index is 12.3. The second-order valence-electron chi connectivity index (χ2n) is 3.95. The van der Waals surface area contributed by atoms with Crippen LogP contribution in [0, 0.1) is 0 Å². The van der Waals surface area contributed by atoms with Gasteiger partial charge in [0.15, 0.2) is 0 Å². The van der Waals surface area contributed by atoms with E-state index >= 15 is 0 Å². The Hall–Kier alpha value is -1.22. The van der Waals surface area contributed by atoms with Gasteiger partial charge >= 0.3 is 0 Å². The van der Waals surface area contributed by atoms with Gasteiger partial charge in [-0.25, -0.2) is 0 Å². The first-order valence-corrected chi connectivity index (χ1v) is 6.61. The number of carbonyl (C=O) groups excluding carboxylic acids is 1. The Labute approximate surface area is 126 Å². The van der Waals surface area contributed by atoms with E-state index in [1.54, 1.807) is 43.4 Å². The molecular weight excluding hydrogens is 305 g/mol. The zero-order chi connectivity index (χ0) is 14.0. The van der Waals surface area contributed by atoms with E-state index in [1.165, 1.54) is 4.90 Å². The van der Waals surface area contributed by atoms with Gasteiger partial charge in [-0.3, -0.25) is 4.79 Å². The quantitative estimate of drug-likeness (QED) is 0.770. The predicted octanol–water partition coefficient (Wildman–Crippen LogP) is 4.92. The molecule has 1 amide bonds. The van der Waals surface area contributed by atoms with Crippen molar-refractivity contribution in [2.75, 3.05) is 11.9 Å². The maximum Gasteiger partial charge on any atom is 0.258 e. The van der Waals surface area contributed by atoms with Crippen LogP contribution in [-0.4, -0.2) is 13.0 Å². The summed E-state index contributed by atoms with van der Waals surface area (Å²) < 4.78 is 0. The number of rotatable bonds is 2. The molecule has 19 heavy (non-hydrogen) atoms.